The molecule has 1 N–H and O–H groups in total. The van der Waals surface area contributed by atoms with E-state index in [1.165, 1.54) is 24.0 Å². The van der Waals surface area contributed by atoms with Crippen LogP contribution >= 0.6 is 11.6 Å². The number of carbonyl (C=O) groups is 2. The Kier molecular flexibility index (Phi) is 5.90. The van der Waals surface area contributed by atoms with Gasteiger partial charge in [-0.3, -0.25) is 14.3 Å². The van der Waals surface area contributed by atoms with E-state index in [0.29, 0.717) is 25.6 Å². The van der Waals surface area contributed by atoms with Crippen LogP contribution in [0.15, 0.2) is 42.7 Å². The van der Waals surface area contributed by atoms with E-state index in [2.05, 4.69) is 22.5 Å². The Hall–Kier alpha value is -2.34. The van der Waals surface area contributed by atoms with E-state index in [-0.39, 0.29) is 29.7 Å². The minimum atomic E-state index is -0.176. The van der Waals surface area contributed by atoms with Gasteiger partial charge in [-0.15, -0.1) is 11.6 Å². The fourth-order valence-electron chi connectivity index (χ4n) is 4.19. The summed E-state index contributed by atoms with van der Waals surface area (Å²) in [6.45, 7) is 2.16. The van der Waals surface area contributed by atoms with Gasteiger partial charge in [-0.25, -0.2) is 0 Å². The molecule has 2 fully saturated rings. The molecular formula is C22H27ClN4O2. The number of likely N-dealkylation sites (tertiary alicyclic amines) is 1. The molecule has 7 heteroatoms. The number of halogens is 1. The molecule has 154 valence electrons. The highest BCUT2D eigenvalue weighted by Crippen LogP contribution is 2.39. The predicted molar refractivity (Wildman–Crippen MR) is 112 cm³/mol. The third-order valence-corrected chi connectivity index (χ3v) is 6.45. The molecule has 29 heavy (non-hydrogen) atoms. The molecule has 2 aliphatic rings. The number of piperidine rings is 1. The molecule has 2 amide bonds. The predicted octanol–water partition coefficient (Wildman–Crippen LogP) is 2.68. The third-order valence-electron chi connectivity index (χ3n) is 6.20. The van der Waals surface area contributed by atoms with Gasteiger partial charge < -0.3 is 10.2 Å². The highest BCUT2D eigenvalue weighted by molar-refractivity contribution is 6.27. The molecule has 4 rings (SSSR count). The Morgan fingerprint density at radius 3 is 2.55 bits per heavy atom. The van der Waals surface area contributed by atoms with Crippen molar-refractivity contribution >= 4 is 23.4 Å². The first-order valence-corrected chi connectivity index (χ1v) is 10.8. The number of amides is 2. The van der Waals surface area contributed by atoms with Gasteiger partial charge in [-0.1, -0.05) is 30.3 Å². The fourth-order valence-corrected chi connectivity index (χ4v) is 4.28. The van der Waals surface area contributed by atoms with Crippen molar-refractivity contribution in [3.8, 4) is 0 Å². The first-order valence-electron chi connectivity index (χ1n) is 10.3. The van der Waals surface area contributed by atoms with Gasteiger partial charge in [0.25, 0.3) is 0 Å². The van der Waals surface area contributed by atoms with Crippen molar-refractivity contribution < 1.29 is 9.59 Å². The van der Waals surface area contributed by atoms with Gasteiger partial charge in [0.1, 0.15) is 12.4 Å². The topological polar surface area (TPSA) is 67.2 Å². The number of nitrogens with one attached hydrogen (secondary N) is 1. The second kappa shape index (κ2) is 8.57. The normalized spacial score (nSPS) is 18.4. The van der Waals surface area contributed by atoms with Crippen LogP contribution in [0.25, 0.3) is 0 Å². The van der Waals surface area contributed by atoms with Gasteiger partial charge in [0.2, 0.25) is 11.8 Å². The summed E-state index contributed by atoms with van der Waals surface area (Å²) in [4.78, 5) is 26.5. The molecule has 2 heterocycles. The SMILES string of the molecule is O=C(CCl)NCC1(c2ccccc2)CCN(C(=O)Cn2cc(C3CC3)cn2)CC1. The van der Waals surface area contributed by atoms with Crippen molar-refractivity contribution in [3.05, 3.63) is 53.9 Å². The van der Waals surface area contributed by atoms with Crippen LogP contribution in [0.3, 0.4) is 0 Å². The van der Waals surface area contributed by atoms with E-state index in [1.54, 1.807) is 4.68 Å². The zero-order valence-electron chi connectivity index (χ0n) is 16.5. The van der Waals surface area contributed by atoms with Crippen molar-refractivity contribution in [2.75, 3.05) is 25.5 Å². The lowest BCUT2D eigenvalue weighted by atomic mass is 9.72. The third kappa shape index (κ3) is 4.64. The standard InChI is InChI=1S/C22H27ClN4O2/c23-12-20(28)24-16-22(19-4-2-1-3-5-19)8-10-26(11-9-22)21(29)15-27-14-18(13-25-27)17-6-7-17/h1-5,13-14,17H,6-12,15-16H2,(H,24,28). The van der Waals surface area contributed by atoms with Gasteiger partial charge in [-0.2, -0.15) is 5.10 Å². The number of carbonyl (C=O) groups excluding carboxylic acids is 2. The van der Waals surface area contributed by atoms with Crippen molar-refractivity contribution in [3.63, 3.8) is 0 Å². The summed E-state index contributed by atoms with van der Waals surface area (Å²) in [5, 5.41) is 7.31. The second-order valence-corrected chi connectivity index (χ2v) is 8.45. The molecule has 6 nitrogen and oxygen atoms in total. The Labute approximate surface area is 176 Å². The van der Waals surface area contributed by atoms with Crippen LogP contribution < -0.4 is 5.32 Å². The van der Waals surface area contributed by atoms with E-state index < -0.39 is 0 Å². The monoisotopic (exact) mass is 414 g/mol. The average molecular weight is 415 g/mol. The molecule has 2 aromatic rings. The quantitative estimate of drug-likeness (QED) is 0.708. The minimum absolute atomic E-state index is 0.0395. The van der Waals surface area contributed by atoms with Crippen molar-refractivity contribution in [2.45, 2.75) is 43.6 Å². The number of alkyl halides is 1. The molecule has 1 saturated carbocycles. The molecule has 1 aliphatic heterocycles. The Morgan fingerprint density at radius 1 is 1.17 bits per heavy atom. The van der Waals surface area contributed by atoms with Crippen molar-refractivity contribution in [1.29, 1.82) is 0 Å². The smallest absolute Gasteiger partial charge is 0.244 e. The van der Waals surface area contributed by atoms with Crippen molar-refractivity contribution in [1.82, 2.24) is 20.0 Å². The minimum Gasteiger partial charge on any atom is -0.354 e. The number of rotatable bonds is 7. The Balaban J connectivity index is 1.39. The maximum Gasteiger partial charge on any atom is 0.244 e. The van der Waals surface area contributed by atoms with Crippen LogP contribution in [0.1, 0.15) is 42.7 Å². The van der Waals surface area contributed by atoms with Crippen LogP contribution in [0.5, 0.6) is 0 Å². The maximum absolute atomic E-state index is 12.8. The fraction of sp³-hybridized carbons (Fsp3) is 0.500. The van der Waals surface area contributed by atoms with Crippen molar-refractivity contribution in [2.24, 2.45) is 0 Å². The van der Waals surface area contributed by atoms with Gasteiger partial charge in [-0.05, 0) is 42.7 Å². The molecule has 0 radical (unpaired) electrons. The highest BCUT2D eigenvalue weighted by Gasteiger charge is 2.37. The first kappa shape index (κ1) is 20.0. The number of benzene rings is 1. The summed E-state index contributed by atoms with van der Waals surface area (Å²) in [5.74, 6) is 0.540. The highest BCUT2D eigenvalue weighted by atomic mass is 35.5. The first-order chi connectivity index (χ1) is 14.1. The number of aromatic nitrogens is 2. The van der Waals surface area contributed by atoms with E-state index >= 15 is 0 Å². The molecule has 0 unspecified atom stereocenters. The van der Waals surface area contributed by atoms with Gasteiger partial charge in [0.05, 0.1) is 6.20 Å². The van der Waals surface area contributed by atoms with E-state index in [9.17, 15) is 9.59 Å². The average Bonchev–Trinajstić information content (AvgIpc) is 3.52. The molecule has 1 aromatic heterocycles. The number of hydrogen-bond acceptors (Lipinski definition) is 3. The summed E-state index contributed by atoms with van der Waals surface area (Å²) < 4.78 is 1.76. The second-order valence-electron chi connectivity index (χ2n) is 8.18. The molecule has 0 bridgehead atoms. The van der Waals surface area contributed by atoms with Crippen LogP contribution in [0.4, 0.5) is 0 Å². The molecule has 0 atom stereocenters. The Morgan fingerprint density at radius 2 is 1.90 bits per heavy atom. The van der Waals surface area contributed by atoms with Crippen LogP contribution in [0.2, 0.25) is 0 Å². The summed E-state index contributed by atoms with van der Waals surface area (Å²) in [7, 11) is 0. The zero-order valence-corrected chi connectivity index (χ0v) is 17.3. The lowest BCUT2D eigenvalue weighted by molar-refractivity contribution is -0.134. The zero-order chi connectivity index (χ0) is 20.3. The largest absolute Gasteiger partial charge is 0.354 e. The van der Waals surface area contributed by atoms with E-state index in [0.717, 1.165) is 12.8 Å². The summed E-state index contributed by atoms with van der Waals surface area (Å²) in [6.07, 6.45) is 7.97. The lowest BCUT2D eigenvalue weighted by Gasteiger charge is -2.42. The molecular weight excluding hydrogens is 388 g/mol. The number of hydrogen-bond donors (Lipinski definition) is 1. The van der Waals surface area contributed by atoms with Gasteiger partial charge in [0, 0.05) is 31.2 Å². The summed E-state index contributed by atoms with van der Waals surface area (Å²) >= 11 is 5.65. The molecule has 1 aliphatic carbocycles. The number of nitrogens with zero attached hydrogens (tertiary/aromatic N) is 3. The summed E-state index contributed by atoms with van der Waals surface area (Å²) in [5.41, 5.74) is 2.27. The lowest BCUT2D eigenvalue weighted by Crippen LogP contribution is -2.51. The van der Waals surface area contributed by atoms with Gasteiger partial charge in [0.15, 0.2) is 0 Å². The van der Waals surface area contributed by atoms with Crippen LogP contribution in [-0.4, -0.2) is 52.0 Å². The molecule has 1 saturated heterocycles. The van der Waals surface area contributed by atoms with E-state index in [1.807, 2.05) is 35.5 Å². The molecule has 0 spiro atoms. The molecule has 1 aromatic carbocycles. The Bertz CT molecular complexity index is 855. The summed E-state index contributed by atoms with van der Waals surface area (Å²) in [6, 6.07) is 10.2. The van der Waals surface area contributed by atoms with Gasteiger partial charge >= 0.3 is 0 Å². The maximum atomic E-state index is 12.8. The van der Waals surface area contributed by atoms with Crippen LogP contribution in [0, 0.1) is 0 Å². The van der Waals surface area contributed by atoms with Crippen LogP contribution in [-0.2, 0) is 21.5 Å². The van der Waals surface area contributed by atoms with E-state index in [4.69, 9.17) is 11.6 Å².